The molecule has 0 rings (SSSR count). The monoisotopic (exact) mass is 140 g/mol. The first-order valence-corrected chi connectivity index (χ1v) is 3.07. The molecule has 0 saturated carbocycles. The summed E-state index contributed by atoms with van der Waals surface area (Å²) in [4.78, 5) is 9.99. The first-order chi connectivity index (χ1) is 3.63. The van der Waals surface area contributed by atoms with E-state index >= 15 is 0 Å². The van der Waals surface area contributed by atoms with Crippen LogP contribution < -0.4 is 0 Å². The number of rotatable bonds is 3. The minimum Gasteiger partial charge on any atom is -0.299 e. The van der Waals surface area contributed by atoms with Crippen LogP contribution in [0.25, 0.3) is 0 Å². The molecule has 4 heteroatoms. The van der Waals surface area contributed by atoms with Crippen LogP contribution in [-0.2, 0) is 4.79 Å². The Morgan fingerprint density at radius 3 is 2.38 bits per heavy atom. The summed E-state index contributed by atoms with van der Waals surface area (Å²) in [5.74, 6) is -2.72. The molecule has 0 aliphatic heterocycles. The molecule has 0 saturated heterocycles. The molecule has 0 heterocycles. The van der Waals surface area contributed by atoms with E-state index in [0.717, 1.165) is 0 Å². The smallest absolute Gasteiger partial charge is 0.284 e. The summed E-state index contributed by atoms with van der Waals surface area (Å²) in [7, 11) is 0. The number of alkyl halides is 2. The predicted octanol–water partition coefficient (Wildman–Crippen LogP) is 1.53. The van der Waals surface area contributed by atoms with E-state index in [2.05, 4.69) is 0 Å². The molecule has 0 aliphatic rings. The Morgan fingerprint density at radius 1 is 1.75 bits per heavy atom. The third-order valence-electron chi connectivity index (χ3n) is 0.413. The van der Waals surface area contributed by atoms with Gasteiger partial charge in [-0.1, -0.05) is 11.8 Å². The summed E-state index contributed by atoms with van der Waals surface area (Å²) in [5.41, 5.74) is 0. The van der Waals surface area contributed by atoms with Crippen molar-refractivity contribution in [2.24, 2.45) is 0 Å². The molecule has 1 nitrogen and oxygen atoms in total. The van der Waals surface area contributed by atoms with Crippen molar-refractivity contribution < 1.29 is 13.6 Å². The molecule has 0 atom stereocenters. The van der Waals surface area contributed by atoms with Gasteiger partial charge in [0.2, 0.25) is 0 Å². The van der Waals surface area contributed by atoms with Crippen LogP contribution in [0.1, 0.15) is 6.92 Å². The number of halogens is 2. The third-order valence-corrected chi connectivity index (χ3v) is 1.24. The summed E-state index contributed by atoms with van der Waals surface area (Å²) in [6, 6.07) is 0. The number of hydrogen-bond acceptors (Lipinski definition) is 2. The zero-order chi connectivity index (χ0) is 6.57. The Balaban J connectivity index is 3.05. The van der Waals surface area contributed by atoms with Gasteiger partial charge >= 0.3 is 0 Å². The molecular weight excluding hydrogens is 134 g/mol. The first kappa shape index (κ1) is 7.88. The minimum atomic E-state index is -2.42. The number of carbonyl (C=O) groups excluding carboxylic acids is 1. The second-order valence-electron chi connectivity index (χ2n) is 1.27. The van der Waals surface area contributed by atoms with E-state index in [9.17, 15) is 13.6 Å². The van der Waals surface area contributed by atoms with Crippen molar-refractivity contribution in [1.82, 2.24) is 0 Å². The average molecular weight is 140 g/mol. The van der Waals surface area contributed by atoms with Gasteiger partial charge in [0, 0.05) is 0 Å². The van der Waals surface area contributed by atoms with Crippen molar-refractivity contribution in [1.29, 1.82) is 0 Å². The maximum Gasteiger partial charge on any atom is 0.284 e. The van der Waals surface area contributed by atoms with Crippen molar-refractivity contribution in [2.75, 3.05) is 5.75 Å². The lowest BCUT2D eigenvalue weighted by molar-refractivity contribution is -0.114. The van der Waals surface area contributed by atoms with Crippen molar-refractivity contribution in [3.8, 4) is 0 Å². The Bertz CT molecular complexity index is 84.1. The van der Waals surface area contributed by atoms with Gasteiger partial charge in [0.1, 0.15) is 5.78 Å². The Kier molecular flexibility index (Phi) is 3.77. The standard InChI is InChI=1S/C4H6F2OS/c1-3(7)2-8-4(5)6/h4H,2H2,1H3. The van der Waals surface area contributed by atoms with Crippen LogP contribution in [-0.4, -0.2) is 17.3 Å². The summed E-state index contributed by atoms with van der Waals surface area (Å²) >= 11 is 0.356. The first-order valence-electron chi connectivity index (χ1n) is 2.02. The fourth-order valence-corrected chi connectivity index (χ4v) is 0.541. The lowest BCUT2D eigenvalue weighted by Crippen LogP contribution is -1.95. The van der Waals surface area contributed by atoms with Crippen LogP contribution in [0.5, 0.6) is 0 Å². The van der Waals surface area contributed by atoms with Crippen molar-refractivity contribution in [3.05, 3.63) is 0 Å². The molecule has 8 heavy (non-hydrogen) atoms. The Morgan fingerprint density at radius 2 is 2.25 bits per heavy atom. The van der Waals surface area contributed by atoms with Gasteiger partial charge in [-0.25, -0.2) is 0 Å². The number of ketones is 1. The molecule has 0 bridgehead atoms. The quantitative estimate of drug-likeness (QED) is 0.591. The second kappa shape index (κ2) is 3.83. The van der Waals surface area contributed by atoms with E-state index < -0.39 is 5.76 Å². The lowest BCUT2D eigenvalue weighted by Gasteiger charge is -1.91. The molecule has 0 amide bonds. The van der Waals surface area contributed by atoms with E-state index in [1.54, 1.807) is 0 Å². The van der Waals surface area contributed by atoms with Crippen molar-refractivity contribution >= 4 is 17.5 Å². The van der Waals surface area contributed by atoms with Gasteiger partial charge < -0.3 is 0 Å². The van der Waals surface area contributed by atoms with Crippen LogP contribution in [0.3, 0.4) is 0 Å². The minimum absolute atomic E-state index is 0.0856. The predicted molar refractivity (Wildman–Crippen MR) is 29.1 cm³/mol. The van der Waals surface area contributed by atoms with Crippen LogP contribution >= 0.6 is 11.8 Å². The van der Waals surface area contributed by atoms with Crippen molar-refractivity contribution in [2.45, 2.75) is 12.7 Å². The fraction of sp³-hybridized carbons (Fsp3) is 0.750. The molecular formula is C4H6F2OS. The number of thioether (sulfide) groups is 1. The Labute approximate surface area is 50.4 Å². The summed E-state index contributed by atoms with van der Waals surface area (Å²) in [6.07, 6.45) is 0. The highest BCUT2D eigenvalue weighted by atomic mass is 32.2. The summed E-state index contributed by atoms with van der Waals surface area (Å²) < 4.78 is 22.4. The van der Waals surface area contributed by atoms with Crippen molar-refractivity contribution in [3.63, 3.8) is 0 Å². The van der Waals surface area contributed by atoms with Crippen LogP contribution in [0.15, 0.2) is 0 Å². The molecule has 0 aromatic carbocycles. The van der Waals surface area contributed by atoms with E-state index in [1.165, 1.54) is 6.92 Å². The third kappa shape index (κ3) is 5.88. The van der Waals surface area contributed by atoms with Gasteiger partial charge in [-0.15, -0.1) is 0 Å². The fourth-order valence-electron chi connectivity index (χ4n) is 0.180. The SMILES string of the molecule is CC(=O)CSC(F)F. The molecule has 0 N–H and O–H groups in total. The maximum absolute atomic E-state index is 11.2. The molecule has 48 valence electrons. The average Bonchev–Trinajstić information content (AvgIpc) is 1.61. The molecule has 0 aromatic rings. The van der Waals surface area contributed by atoms with Gasteiger partial charge in [-0.05, 0) is 6.92 Å². The van der Waals surface area contributed by atoms with E-state index in [0.29, 0.717) is 11.8 Å². The van der Waals surface area contributed by atoms with Gasteiger partial charge in [0.05, 0.1) is 5.75 Å². The second-order valence-corrected chi connectivity index (χ2v) is 2.25. The molecule has 0 fully saturated rings. The van der Waals surface area contributed by atoms with Gasteiger partial charge in [0.25, 0.3) is 5.76 Å². The van der Waals surface area contributed by atoms with E-state index in [4.69, 9.17) is 0 Å². The van der Waals surface area contributed by atoms with E-state index in [1.807, 2.05) is 0 Å². The largest absolute Gasteiger partial charge is 0.299 e. The highest BCUT2D eigenvalue weighted by Gasteiger charge is 2.02. The summed E-state index contributed by atoms with van der Waals surface area (Å²) in [6.45, 7) is 1.29. The van der Waals surface area contributed by atoms with Gasteiger partial charge in [0.15, 0.2) is 0 Å². The summed E-state index contributed by atoms with van der Waals surface area (Å²) in [5, 5.41) is 0. The van der Waals surface area contributed by atoms with Crippen LogP contribution in [0.4, 0.5) is 8.78 Å². The zero-order valence-corrected chi connectivity index (χ0v) is 5.17. The number of hydrogen-bond donors (Lipinski definition) is 0. The molecule has 0 aliphatic carbocycles. The van der Waals surface area contributed by atoms with E-state index in [-0.39, 0.29) is 11.5 Å². The lowest BCUT2D eigenvalue weighted by atomic mass is 10.5. The normalized spacial score (nSPS) is 10.0. The number of carbonyl (C=O) groups is 1. The molecule has 0 aromatic heterocycles. The maximum atomic E-state index is 11.2. The van der Waals surface area contributed by atoms with Crippen LogP contribution in [0.2, 0.25) is 0 Å². The zero-order valence-electron chi connectivity index (χ0n) is 4.36. The highest BCUT2D eigenvalue weighted by Crippen LogP contribution is 2.12. The molecule has 0 radical (unpaired) electrons. The molecule has 0 spiro atoms. The van der Waals surface area contributed by atoms with Gasteiger partial charge in [-0.3, -0.25) is 4.79 Å². The molecule has 0 unspecified atom stereocenters. The highest BCUT2D eigenvalue weighted by molar-refractivity contribution is 8.00. The topological polar surface area (TPSA) is 17.1 Å². The Hall–Kier alpha value is -0.120. The van der Waals surface area contributed by atoms with Gasteiger partial charge in [-0.2, -0.15) is 8.78 Å². The number of Topliss-reactive ketones (excluding diaryl/α,β-unsaturated/α-hetero) is 1. The van der Waals surface area contributed by atoms with Crippen LogP contribution in [0, 0.1) is 0 Å².